The lowest BCUT2D eigenvalue weighted by Gasteiger charge is -2.14. The molecular formula is C16H22N4O3S. The van der Waals surface area contributed by atoms with Crippen molar-refractivity contribution in [2.24, 2.45) is 0 Å². The van der Waals surface area contributed by atoms with Crippen molar-refractivity contribution >= 4 is 10.0 Å². The van der Waals surface area contributed by atoms with Gasteiger partial charge in [0, 0.05) is 18.2 Å². The van der Waals surface area contributed by atoms with Gasteiger partial charge in [0.25, 0.3) is 0 Å². The van der Waals surface area contributed by atoms with Crippen LogP contribution in [0.2, 0.25) is 0 Å². The lowest BCUT2D eigenvalue weighted by Crippen LogP contribution is -2.37. The number of likely N-dealkylation sites (tertiary alicyclic amines) is 1. The Bertz CT molecular complexity index is 776. The van der Waals surface area contributed by atoms with Crippen LogP contribution in [-0.2, 0) is 10.0 Å². The summed E-state index contributed by atoms with van der Waals surface area (Å²) in [7, 11) is -1.29. The van der Waals surface area contributed by atoms with E-state index in [2.05, 4.69) is 14.9 Å². The third-order valence-electron chi connectivity index (χ3n) is 4.13. The van der Waals surface area contributed by atoms with Gasteiger partial charge < -0.3 is 4.52 Å². The molecule has 2 heterocycles. The van der Waals surface area contributed by atoms with E-state index in [1.165, 1.54) is 0 Å². The van der Waals surface area contributed by atoms with Crippen LogP contribution in [0, 0.1) is 0 Å². The van der Waals surface area contributed by atoms with Crippen molar-refractivity contribution in [3.8, 4) is 11.4 Å². The van der Waals surface area contributed by atoms with Crippen LogP contribution in [0.15, 0.2) is 34.9 Å². The molecule has 1 N–H and O–H groups in total. The highest BCUT2D eigenvalue weighted by Crippen LogP contribution is 2.31. The SMILES string of the molecule is CCCS(=O)(=O)N[C@H]1C[C@@H](c2nc(-c3ccccc3)no2)N(C)C1. The first-order chi connectivity index (χ1) is 11.5. The van der Waals surface area contributed by atoms with Crippen LogP contribution in [0.25, 0.3) is 11.4 Å². The second-order valence-corrected chi connectivity index (χ2v) is 8.02. The molecule has 0 amide bonds. The maximum atomic E-state index is 11.9. The van der Waals surface area contributed by atoms with E-state index in [1.807, 2.05) is 49.2 Å². The Kier molecular flexibility index (Phi) is 4.98. The predicted octanol–water partition coefficient (Wildman–Crippen LogP) is 1.81. The number of rotatable bonds is 6. The van der Waals surface area contributed by atoms with E-state index in [0.717, 1.165) is 5.56 Å². The maximum Gasteiger partial charge on any atom is 0.244 e. The third-order valence-corrected chi connectivity index (χ3v) is 5.76. The van der Waals surface area contributed by atoms with Crippen LogP contribution in [0.5, 0.6) is 0 Å². The highest BCUT2D eigenvalue weighted by molar-refractivity contribution is 7.89. The summed E-state index contributed by atoms with van der Waals surface area (Å²) in [6, 6.07) is 9.41. The van der Waals surface area contributed by atoms with E-state index >= 15 is 0 Å². The summed E-state index contributed by atoms with van der Waals surface area (Å²) in [5.41, 5.74) is 0.897. The van der Waals surface area contributed by atoms with Gasteiger partial charge in [-0.05, 0) is 19.9 Å². The molecule has 130 valence electrons. The van der Waals surface area contributed by atoms with Crippen LogP contribution >= 0.6 is 0 Å². The number of hydrogen-bond donors (Lipinski definition) is 1. The maximum absolute atomic E-state index is 11.9. The van der Waals surface area contributed by atoms with Crippen LogP contribution < -0.4 is 4.72 Å². The van der Waals surface area contributed by atoms with Gasteiger partial charge in [0.1, 0.15) is 0 Å². The van der Waals surface area contributed by atoms with Gasteiger partial charge in [-0.2, -0.15) is 4.98 Å². The van der Waals surface area contributed by atoms with Gasteiger partial charge in [-0.25, -0.2) is 13.1 Å². The largest absolute Gasteiger partial charge is 0.337 e. The summed E-state index contributed by atoms with van der Waals surface area (Å²) < 4.78 is 32.1. The number of sulfonamides is 1. The highest BCUT2D eigenvalue weighted by atomic mass is 32.2. The lowest BCUT2D eigenvalue weighted by atomic mass is 10.2. The standard InChI is InChI=1S/C16H22N4O3S/c1-3-9-24(21,22)19-13-10-14(20(2)11-13)16-17-15(18-23-16)12-7-5-4-6-8-12/h4-8,13-14,19H,3,9-11H2,1-2H3/t13-,14-/m0/s1. The van der Waals surface area contributed by atoms with Gasteiger partial charge >= 0.3 is 0 Å². The zero-order chi connectivity index (χ0) is 17.2. The topological polar surface area (TPSA) is 88.3 Å². The van der Waals surface area contributed by atoms with Crippen LogP contribution in [0.1, 0.15) is 31.7 Å². The summed E-state index contributed by atoms with van der Waals surface area (Å²) in [6.45, 7) is 2.48. The van der Waals surface area contributed by atoms with Crippen molar-refractivity contribution in [1.29, 1.82) is 0 Å². The molecule has 1 aromatic carbocycles. The van der Waals surface area contributed by atoms with Gasteiger partial charge in [-0.3, -0.25) is 4.90 Å². The normalized spacial score (nSPS) is 22.1. The fourth-order valence-electron chi connectivity index (χ4n) is 3.03. The Morgan fingerprint density at radius 3 is 2.79 bits per heavy atom. The van der Waals surface area contributed by atoms with Gasteiger partial charge in [0.2, 0.25) is 21.7 Å². The van der Waals surface area contributed by atoms with Gasteiger partial charge in [-0.1, -0.05) is 42.4 Å². The van der Waals surface area contributed by atoms with Crippen molar-refractivity contribution in [2.45, 2.75) is 31.8 Å². The van der Waals surface area contributed by atoms with E-state index < -0.39 is 10.0 Å². The lowest BCUT2D eigenvalue weighted by molar-refractivity contribution is 0.244. The van der Waals surface area contributed by atoms with E-state index in [4.69, 9.17) is 4.52 Å². The smallest absolute Gasteiger partial charge is 0.244 e. The summed E-state index contributed by atoms with van der Waals surface area (Å²) >= 11 is 0. The number of nitrogens with one attached hydrogen (secondary N) is 1. The first-order valence-electron chi connectivity index (χ1n) is 8.08. The van der Waals surface area contributed by atoms with Crippen LogP contribution in [0.3, 0.4) is 0 Å². The third kappa shape index (κ3) is 3.82. The Morgan fingerprint density at radius 1 is 1.33 bits per heavy atom. The molecule has 0 saturated carbocycles. The van der Waals surface area contributed by atoms with Gasteiger partial charge in [-0.15, -0.1) is 0 Å². The molecular weight excluding hydrogens is 328 g/mol. The monoisotopic (exact) mass is 350 g/mol. The molecule has 0 spiro atoms. The molecule has 2 aromatic rings. The molecule has 0 aliphatic carbocycles. The van der Waals surface area contributed by atoms with Crippen LogP contribution in [-0.4, -0.2) is 48.8 Å². The fourth-order valence-corrected chi connectivity index (χ4v) is 4.36. The first-order valence-corrected chi connectivity index (χ1v) is 9.73. The second-order valence-electron chi connectivity index (χ2n) is 6.15. The second kappa shape index (κ2) is 7.00. The minimum Gasteiger partial charge on any atom is -0.337 e. The quantitative estimate of drug-likeness (QED) is 0.855. The predicted molar refractivity (Wildman–Crippen MR) is 90.7 cm³/mol. The van der Waals surface area contributed by atoms with Gasteiger partial charge in [0.05, 0.1) is 11.8 Å². The number of aromatic nitrogens is 2. The molecule has 0 bridgehead atoms. The van der Waals surface area contributed by atoms with E-state index in [1.54, 1.807) is 0 Å². The van der Waals surface area contributed by atoms with Crippen molar-refractivity contribution < 1.29 is 12.9 Å². The molecule has 24 heavy (non-hydrogen) atoms. The molecule has 0 radical (unpaired) electrons. The summed E-state index contributed by atoms with van der Waals surface area (Å²) in [5, 5.41) is 4.04. The Labute approximate surface area is 142 Å². The minimum atomic E-state index is -3.23. The van der Waals surface area contributed by atoms with Crippen molar-refractivity contribution in [2.75, 3.05) is 19.3 Å². The number of nitrogens with zero attached hydrogens (tertiary/aromatic N) is 3. The van der Waals surface area contributed by atoms with E-state index in [0.29, 0.717) is 31.1 Å². The minimum absolute atomic E-state index is 0.0794. The van der Waals surface area contributed by atoms with E-state index in [-0.39, 0.29) is 17.8 Å². The highest BCUT2D eigenvalue weighted by Gasteiger charge is 2.36. The fraction of sp³-hybridized carbons (Fsp3) is 0.500. The molecule has 7 nitrogen and oxygen atoms in total. The average Bonchev–Trinajstić information content (AvgIpc) is 3.14. The number of likely N-dealkylation sites (N-methyl/N-ethyl adjacent to an activating group) is 1. The molecule has 0 unspecified atom stereocenters. The Hall–Kier alpha value is -1.77. The van der Waals surface area contributed by atoms with Crippen molar-refractivity contribution in [3.63, 3.8) is 0 Å². The van der Waals surface area contributed by atoms with Gasteiger partial charge in [0.15, 0.2) is 0 Å². The molecule has 8 heteroatoms. The van der Waals surface area contributed by atoms with E-state index in [9.17, 15) is 8.42 Å². The Morgan fingerprint density at radius 2 is 2.08 bits per heavy atom. The molecule has 1 aromatic heterocycles. The molecule has 1 aliphatic rings. The molecule has 1 aliphatic heterocycles. The number of hydrogen-bond acceptors (Lipinski definition) is 6. The molecule has 1 saturated heterocycles. The first kappa shape index (κ1) is 17.1. The summed E-state index contributed by atoms with van der Waals surface area (Å²) in [4.78, 5) is 6.53. The van der Waals surface area contributed by atoms with Crippen LogP contribution in [0.4, 0.5) is 0 Å². The zero-order valence-corrected chi connectivity index (χ0v) is 14.7. The summed E-state index contributed by atoms with van der Waals surface area (Å²) in [6.07, 6.45) is 1.22. The van der Waals surface area contributed by atoms with Crippen molar-refractivity contribution in [3.05, 3.63) is 36.2 Å². The Balaban J connectivity index is 1.71. The average molecular weight is 350 g/mol. The zero-order valence-electron chi connectivity index (χ0n) is 13.8. The number of benzene rings is 1. The molecule has 2 atom stereocenters. The van der Waals surface area contributed by atoms with Crippen molar-refractivity contribution in [1.82, 2.24) is 19.8 Å². The summed E-state index contributed by atoms with van der Waals surface area (Å²) in [5.74, 6) is 1.22. The molecule has 3 rings (SSSR count). The molecule has 1 fully saturated rings.